The van der Waals surface area contributed by atoms with Crippen LogP contribution in [0.4, 0.5) is 0 Å². The van der Waals surface area contributed by atoms with Crippen molar-refractivity contribution in [1.29, 1.82) is 0 Å². The molecule has 1 radical (unpaired) electrons. The highest BCUT2D eigenvalue weighted by molar-refractivity contribution is 5.69. The number of hydrogen-bond donors (Lipinski definition) is 1. The summed E-state index contributed by atoms with van der Waals surface area (Å²) in [6.07, 6.45) is 1.76. The molecular weight excluding hydrogens is 130 g/mol. The Balaban J connectivity index is 3.09. The van der Waals surface area contributed by atoms with Crippen LogP contribution in [0.5, 0.6) is 0 Å². The Morgan fingerprint density at radius 3 is 2.80 bits per heavy atom. The number of esters is 1. The standard InChI is InChI=1S/C7H14NO2/c1-2-6-10-7(9)4-3-5-8/h1-6,8H2. The van der Waals surface area contributed by atoms with Crippen LogP contribution in [0.3, 0.4) is 0 Å². The van der Waals surface area contributed by atoms with Crippen LogP contribution in [0, 0.1) is 6.92 Å². The minimum absolute atomic E-state index is 0.172. The van der Waals surface area contributed by atoms with Crippen LogP contribution in [-0.4, -0.2) is 19.1 Å². The maximum atomic E-state index is 10.7. The molecule has 0 rings (SSSR count). The molecule has 10 heavy (non-hydrogen) atoms. The van der Waals surface area contributed by atoms with E-state index in [9.17, 15) is 4.79 Å². The third-order valence-electron chi connectivity index (χ3n) is 0.992. The average molecular weight is 144 g/mol. The van der Waals surface area contributed by atoms with Crippen molar-refractivity contribution in [2.45, 2.75) is 19.3 Å². The SMILES string of the molecule is [CH2]CCOC(=O)CCCN. The molecule has 2 N–H and O–H groups in total. The zero-order valence-corrected chi connectivity index (χ0v) is 6.14. The molecule has 0 fully saturated rings. The fraction of sp³-hybridized carbons (Fsp3) is 0.714. The van der Waals surface area contributed by atoms with Gasteiger partial charge in [-0.15, -0.1) is 0 Å². The van der Waals surface area contributed by atoms with Crippen LogP contribution >= 0.6 is 0 Å². The maximum absolute atomic E-state index is 10.7. The van der Waals surface area contributed by atoms with Crippen LogP contribution in [-0.2, 0) is 9.53 Å². The molecule has 0 spiro atoms. The van der Waals surface area contributed by atoms with Crippen LogP contribution in [0.2, 0.25) is 0 Å². The highest BCUT2D eigenvalue weighted by Crippen LogP contribution is 1.91. The van der Waals surface area contributed by atoms with Crippen LogP contribution in [0.25, 0.3) is 0 Å². The maximum Gasteiger partial charge on any atom is 0.305 e. The first-order chi connectivity index (χ1) is 4.81. The summed E-state index contributed by atoms with van der Waals surface area (Å²) in [6.45, 7) is 4.50. The molecule has 0 amide bonds. The highest BCUT2D eigenvalue weighted by Gasteiger charge is 1.98. The van der Waals surface area contributed by atoms with Gasteiger partial charge in [-0.2, -0.15) is 0 Å². The molecule has 59 valence electrons. The van der Waals surface area contributed by atoms with Crippen molar-refractivity contribution in [3.63, 3.8) is 0 Å². The van der Waals surface area contributed by atoms with E-state index in [-0.39, 0.29) is 5.97 Å². The Bertz CT molecular complexity index is 83.6. The molecule has 0 unspecified atom stereocenters. The molecule has 0 saturated heterocycles. The van der Waals surface area contributed by atoms with Crippen molar-refractivity contribution in [3.8, 4) is 0 Å². The Hall–Kier alpha value is -0.570. The molecule has 0 aromatic carbocycles. The fourth-order valence-electron chi connectivity index (χ4n) is 0.505. The first kappa shape index (κ1) is 9.43. The summed E-state index contributed by atoms with van der Waals surface area (Å²) in [5.74, 6) is -0.172. The van der Waals surface area contributed by atoms with Crippen molar-refractivity contribution in [3.05, 3.63) is 6.92 Å². The molecule has 0 aliphatic rings. The van der Waals surface area contributed by atoms with E-state index in [1.165, 1.54) is 0 Å². The summed E-state index contributed by atoms with van der Waals surface area (Å²) in [4.78, 5) is 10.7. The molecule has 0 aromatic rings. The largest absolute Gasteiger partial charge is 0.466 e. The van der Waals surface area contributed by atoms with Gasteiger partial charge in [-0.25, -0.2) is 0 Å². The van der Waals surface area contributed by atoms with Crippen LogP contribution in [0.1, 0.15) is 19.3 Å². The molecule has 0 saturated carbocycles. The van der Waals surface area contributed by atoms with E-state index in [0.717, 1.165) is 0 Å². The van der Waals surface area contributed by atoms with Gasteiger partial charge in [-0.1, -0.05) is 0 Å². The number of rotatable bonds is 5. The van der Waals surface area contributed by atoms with Crippen molar-refractivity contribution in [2.24, 2.45) is 5.73 Å². The summed E-state index contributed by atoms with van der Waals surface area (Å²) in [5.41, 5.74) is 5.19. The second-order valence-electron chi connectivity index (χ2n) is 1.97. The van der Waals surface area contributed by atoms with E-state index in [1.807, 2.05) is 0 Å². The van der Waals surface area contributed by atoms with E-state index in [2.05, 4.69) is 6.92 Å². The molecule has 3 nitrogen and oxygen atoms in total. The van der Waals surface area contributed by atoms with Crippen molar-refractivity contribution < 1.29 is 9.53 Å². The summed E-state index contributed by atoms with van der Waals surface area (Å²) in [6, 6.07) is 0. The van der Waals surface area contributed by atoms with Gasteiger partial charge in [0.1, 0.15) is 0 Å². The predicted molar refractivity (Wildman–Crippen MR) is 39.2 cm³/mol. The molecule has 0 atom stereocenters. The number of carbonyl (C=O) groups is 1. The lowest BCUT2D eigenvalue weighted by atomic mass is 10.3. The minimum Gasteiger partial charge on any atom is -0.466 e. The molecule has 0 aliphatic heterocycles. The fourth-order valence-corrected chi connectivity index (χ4v) is 0.505. The predicted octanol–water partition coefficient (Wildman–Crippen LogP) is 0.493. The van der Waals surface area contributed by atoms with Gasteiger partial charge in [0.05, 0.1) is 6.61 Å². The highest BCUT2D eigenvalue weighted by atomic mass is 16.5. The molecule has 0 heterocycles. The first-order valence-electron chi connectivity index (χ1n) is 3.46. The van der Waals surface area contributed by atoms with Gasteiger partial charge < -0.3 is 10.5 Å². The number of nitrogens with two attached hydrogens (primary N) is 1. The smallest absolute Gasteiger partial charge is 0.305 e. The third kappa shape index (κ3) is 5.56. The van der Waals surface area contributed by atoms with Gasteiger partial charge in [0, 0.05) is 6.42 Å². The molecule has 0 aromatic heterocycles. The summed E-state index contributed by atoms with van der Waals surface area (Å²) in [7, 11) is 0. The van der Waals surface area contributed by atoms with Gasteiger partial charge in [0.25, 0.3) is 0 Å². The summed E-state index contributed by atoms with van der Waals surface area (Å²) >= 11 is 0. The zero-order valence-electron chi connectivity index (χ0n) is 6.14. The number of hydrogen-bond acceptors (Lipinski definition) is 3. The lowest BCUT2D eigenvalue weighted by Gasteiger charge is -2.00. The van der Waals surface area contributed by atoms with Gasteiger partial charge in [0.2, 0.25) is 0 Å². The van der Waals surface area contributed by atoms with Gasteiger partial charge in [0.15, 0.2) is 0 Å². The molecule has 3 heteroatoms. The number of ether oxygens (including phenoxy) is 1. The lowest BCUT2D eigenvalue weighted by Crippen LogP contribution is -2.08. The van der Waals surface area contributed by atoms with Crippen molar-refractivity contribution >= 4 is 5.97 Å². The molecule has 0 bridgehead atoms. The van der Waals surface area contributed by atoms with Crippen LogP contribution in [0.15, 0.2) is 0 Å². The topological polar surface area (TPSA) is 52.3 Å². The van der Waals surface area contributed by atoms with E-state index in [0.29, 0.717) is 32.4 Å². The van der Waals surface area contributed by atoms with Crippen LogP contribution < -0.4 is 5.73 Å². The van der Waals surface area contributed by atoms with Crippen molar-refractivity contribution in [2.75, 3.05) is 13.2 Å². The van der Waals surface area contributed by atoms with E-state index < -0.39 is 0 Å². The van der Waals surface area contributed by atoms with Gasteiger partial charge in [-0.05, 0) is 26.3 Å². The summed E-state index contributed by atoms with van der Waals surface area (Å²) < 4.78 is 4.74. The van der Waals surface area contributed by atoms with Gasteiger partial charge in [-0.3, -0.25) is 4.79 Å². The van der Waals surface area contributed by atoms with Gasteiger partial charge >= 0.3 is 5.97 Å². The van der Waals surface area contributed by atoms with E-state index in [1.54, 1.807) is 0 Å². The Labute approximate surface area is 61.5 Å². The first-order valence-corrected chi connectivity index (χ1v) is 3.46. The van der Waals surface area contributed by atoms with E-state index in [4.69, 9.17) is 10.5 Å². The quantitative estimate of drug-likeness (QED) is 0.571. The monoisotopic (exact) mass is 144 g/mol. The Morgan fingerprint density at radius 1 is 1.60 bits per heavy atom. The second kappa shape index (κ2) is 6.55. The zero-order chi connectivity index (χ0) is 7.82. The molecule has 0 aliphatic carbocycles. The minimum atomic E-state index is -0.172. The van der Waals surface area contributed by atoms with Crippen molar-refractivity contribution in [1.82, 2.24) is 0 Å². The normalized spacial score (nSPS) is 9.40. The Morgan fingerprint density at radius 2 is 2.30 bits per heavy atom. The Kier molecular flexibility index (Phi) is 6.18. The average Bonchev–Trinajstić information content (AvgIpc) is 1.97. The van der Waals surface area contributed by atoms with E-state index >= 15 is 0 Å². The molecular formula is C7H14NO2. The number of carbonyl (C=O) groups excluding carboxylic acids is 1. The lowest BCUT2D eigenvalue weighted by molar-refractivity contribution is -0.143. The summed E-state index contributed by atoms with van der Waals surface area (Å²) in [5, 5.41) is 0. The second-order valence-corrected chi connectivity index (χ2v) is 1.97. The third-order valence-corrected chi connectivity index (χ3v) is 0.992.